The van der Waals surface area contributed by atoms with Gasteiger partial charge in [-0.3, -0.25) is 0 Å². The van der Waals surface area contributed by atoms with Gasteiger partial charge in [0.2, 0.25) is 0 Å². The Morgan fingerprint density at radius 1 is 1.53 bits per heavy atom. The number of nitrogens with zero attached hydrogens (tertiary/aromatic N) is 2. The summed E-state index contributed by atoms with van der Waals surface area (Å²) in [4.78, 5) is 6.88. The molecule has 2 aromatic rings. The summed E-state index contributed by atoms with van der Waals surface area (Å²) in [5.74, 6) is 0. The van der Waals surface area contributed by atoms with Crippen LogP contribution >= 0.6 is 11.3 Å². The first-order chi connectivity index (χ1) is 9.22. The maximum atomic E-state index is 5.78. The van der Waals surface area contributed by atoms with E-state index < -0.39 is 0 Å². The number of anilines is 1. The fraction of sp³-hybridized carbons (Fsp3) is 0.500. The Labute approximate surface area is 117 Å². The van der Waals surface area contributed by atoms with Gasteiger partial charge in [-0.15, -0.1) is 0 Å². The summed E-state index contributed by atoms with van der Waals surface area (Å²) in [6.45, 7) is 1.95. The normalized spacial score (nSPS) is 20.2. The molecule has 0 amide bonds. The lowest BCUT2D eigenvalue weighted by molar-refractivity contribution is 0.233. The van der Waals surface area contributed by atoms with Crippen molar-refractivity contribution in [2.45, 2.75) is 25.3 Å². The number of fused-ring (bicyclic) bond motifs is 1. The first-order valence-electron chi connectivity index (χ1n) is 6.71. The number of likely N-dealkylation sites (tertiary alicyclic amines) is 1. The molecule has 3 rings (SSSR count). The molecule has 1 atom stereocenters. The summed E-state index contributed by atoms with van der Waals surface area (Å²) in [5, 5.41) is 0.751. The van der Waals surface area contributed by atoms with Gasteiger partial charge >= 0.3 is 0 Å². The highest BCUT2D eigenvalue weighted by atomic mass is 32.1. The van der Waals surface area contributed by atoms with E-state index in [9.17, 15) is 0 Å². The number of ether oxygens (including phenoxy) is 1. The smallest absolute Gasteiger partial charge is 0.274 e. The third kappa shape index (κ3) is 2.82. The van der Waals surface area contributed by atoms with Crippen molar-refractivity contribution in [3.63, 3.8) is 0 Å². The van der Waals surface area contributed by atoms with Crippen LogP contribution in [-0.4, -0.2) is 36.1 Å². The molecule has 0 spiro atoms. The average molecular weight is 277 g/mol. The molecule has 4 nitrogen and oxygen atoms in total. The zero-order valence-electron chi connectivity index (χ0n) is 11.1. The fourth-order valence-electron chi connectivity index (χ4n) is 2.61. The number of thiazole rings is 1. The second kappa shape index (κ2) is 5.35. The zero-order chi connectivity index (χ0) is 13.2. The Hall–Kier alpha value is -1.33. The molecule has 0 bridgehead atoms. The highest BCUT2D eigenvalue weighted by Crippen LogP contribution is 2.29. The van der Waals surface area contributed by atoms with Crippen molar-refractivity contribution in [1.82, 2.24) is 9.88 Å². The molecule has 0 saturated carbocycles. The number of hydrogen-bond acceptors (Lipinski definition) is 5. The van der Waals surface area contributed by atoms with E-state index in [-0.39, 0.29) is 0 Å². The van der Waals surface area contributed by atoms with Crippen LogP contribution in [0.25, 0.3) is 10.2 Å². The average Bonchev–Trinajstić information content (AvgIpc) is 2.95. The van der Waals surface area contributed by atoms with Gasteiger partial charge in [0.05, 0.1) is 16.8 Å². The van der Waals surface area contributed by atoms with Crippen LogP contribution in [0.5, 0.6) is 5.19 Å². The Bertz CT molecular complexity index is 569. The highest BCUT2D eigenvalue weighted by molar-refractivity contribution is 7.20. The molecule has 1 unspecified atom stereocenters. The van der Waals surface area contributed by atoms with Crippen molar-refractivity contribution in [3.8, 4) is 5.19 Å². The van der Waals surface area contributed by atoms with E-state index in [4.69, 9.17) is 10.5 Å². The van der Waals surface area contributed by atoms with Crippen molar-refractivity contribution < 1.29 is 4.74 Å². The minimum Gasteiger partial charge on any atom is -0.470 e. The summed E-state index contributed by atoms with van der Waals surface area (Å²) in [6.07, 6.45) is 3.67. The zero-order valence-corrected chi connectivity index (χ0v) is 11.9. The molecule has 1 saturated heterocycles. The maximum Gasteiger partial charge on any atom is 0.274 e. The van der Waals surface area contributed by atoms with Crippen LogP contribution in [0.3, 0.4) is 0 Å². The second-order valence-corrected chi connectivity index (χ2v) is 6.11. The van der Waals surface area contributed by atoms with Gasteiger partial charge in [0.1, 0.15) is 0 Å². The van der Waals surface area contributed by atoms with E-state index in [1.54, 1.807) is 11.3 Å². The Balaban J connectivity index is 1.59. The van der Waals surface area contributed by atoms with Crippen LogP contribution < -0.4 is 10.5 Å². The predicted molar refractivity (Wildman–Crippen MR) is 79.8 cm³/mol. The van der Waals surface area contributed by atoms with Crippen molar-refractivity contribution in [3.05, 3.63) is 18.2 Å². The van der Waals surface area contributed by atoms with E-state index in [0.29, 0.717) is 6.04 Å². The summed E-state index contributed by atoms with van der Waals surface area (Å²) in [7, 11) is 2.19. The van der Waals surface area contributed by atoms with Gasteiger partial charge in [-0.1, -0.05) is 11.3 Å². The monoisotopic (exact) mass is 277 g/mol. The van der Waals surface area contributed by atoms with Gasteiger partial charge < -0.3 is 15.4 Å². The number of aromatic nitrogens is 1. The van der Waals surface area contributed by atoms with Gasteiger partial charge in [0.15, 0.2) is 0 Å². The van der Waals surface area contributed by atoms with Crippen LogP contribution in [0, 0.1) is 0 Å². The van der Waals surface area contributed by atoms with Crippen LogP contribution in [0.4, 0.5) is 5.69 Å². The second-order valence-electron chi connectivity index (χ2n) is 5.12. The Morgan fingerprint density at radius 3 is 3.21 bits per heavy atom. The third-order valence-corrected chi connectivity index (χ3v) is 4.67. The predicted octanol–water partition coefficient (Wildman–Crippen LogP) is 2.74. The van der Waals surface area contributed by atoms with Crippen LogP contribution in [0.15, 0.2) is 18.2 Å². The third-order valence-electron chi connectivity index (χ3n) is 3.74. The van der Waals surface area contributed by atoms with E-state index in [0.717, 1.165) is 34.1 Å². The van der Waals surface area contributed by atoms with Crippen molar-refractivity contribution >= 4 is 27.2 Å². The minimum atomic E-state index is 0.671. The summed E-state index contributed by atoms with van der Waals surface area (Å²) in [5.41, 5.74) is 7.50. The number of benzene rings is 1. The van der Waals surface area contributed by atoms with Crippen LogP contribution in [0.1, 0.15) is 19.3 Å². The van der Waals surface area contributed by atoms with E-state index in [2.05, 4.69) is 16.9 Å². The molecule has 1 aliphatic rings. The summed E-state index contributed by atoms with van der Waals surface area (Å²) >= 11 is 1.57. The lowest BCUT2D eigenvalue weighted by atomic mass is 10.2. The maximum absolute atomic E-state index is 5.78. The molecule has 0 radical (unpaired) electrons. The quantitative estimate of drug-likeness (QED) is 0.873. The van der Waals surface area contributed by atoms with Crippen molar-refractivity contribution in [2.24, 2.45) is 0 Å². The molecule has 1 aromatic carbocycles. The standard InChI is InChI=1S/C14H19N3OS/c1-17-7-2-3-11(17)6-8-18-14-16-12-5-4-10(15)9-13(12)19-14/h4-5,9,11H,2-3,6-8,15H2,1H3. The lowest BCUT2D eigenvalue weighted by Gasteiger charge is -2.18. The highest BCUT2D eigenvalue weighted by Gasteiger charge is 2.20. The van der Waals surface area contributed by atoms with Gasteiger partial charge in [0, 0.05) is 11.7 Å². The van der Waals surface area contributed by atoms with Crippen LogP contribution in [-0.2, 0) is 0 Å². The molecule has 19 heavy (non-hydrogen) atoms. The largest absolute Gasteiger partial charge is 0.470 e. The molecule has 1 aliphatic heterocycles. The number of rotatable bonds is 4. The number of hydrogen-bond donors (Lipinski definition) is 1. The van der Waals surface area contributed by atoms with E-state index in [1.165, 1.54) is 19.4 Å². The molecular formula is C14H19N3OS. The van der Waals surface area contributed by atoms with Crippen molar-refractivity contribution in [1.29, 1.82) is 0 Å². The minimum absolute atomic E-state index is 0.671. The van der Waals surface area contributed by atoms with Gasteiger partial charge in [0.25, 0.3) is 5.19 Å². The number of nitrogens with two attached hydrogens (primary N) is 1. The SMILES string of the molecule is CN1CCCC1CCOc1nc2ccc(N)cc2s1. The molecule has 1 fully saturated rings. The summed E-state index contributed by atoms with van der Waals surface area (Å²) in [6, 6.07) is 6.44. The molecular weight excluding hydrogens is 258 g/mol. The first kappa shape index (κ1) is 12.7. The number of nitrogen functional groups attached to an aromatic ring is 1. The van der Waals surface area contributed by atoms with Gasteiger partial charge in [-0.2, -0.15) is 0 Å². The molecule has 1 aromatic heterocycles. The van der Waals surface area contributed by atoms with Crippen molar-refractivity contribution in [2.75, 3.05) is 25.9 Å². The molecule has 5 heteroatoms. The topological polar surface area (TPSA) is 51.4 Å². The van der Waals surface area contributed by atoms with Gasteiger partial charge in [-0.25, -0.2) is 4.98 Å². The molecule has 2 heterocycles. The molecule has 0 aliphatic carbocycles. The van der Waals surface area contributed by atoms with Crippen LogP contribution in [0.2, 0.25) is 0 Å². The fourth-order valence-corrected chi connectivity index (χ4v) is 3.50. The van der Waals surface area contributed by atoms with E-state index >= 15 is 0 Å². The van der Waals surface area contributed by atoms with Gasteiger partial charge in [-0.05, 0) is 51.1 Å². The molecule has 2 N–H and O–H groups in total. The first-order valence-corrected chi connectivity index (χ1v) is 7.53. The Morgan fingerprint density at radius 2 is 2.42 bits per heavy atom. The van der Waals surface area contributed by atoms with E-state index in [1.807, 2.05) is 18.2 Å². The molecule has 102 valence electrons. The summed E-state index contributed by atoms with van der Waals surface area (Å²) < 4.78 is 6.87. The lowest BCUT2D eigenvalue weighted by Crippen LogP contribution is -2.26. The Kier molecular flexibility index (Phi) is 3.57.